The van der Waals surface area contributed by atoms with E-state index < -0.39 is 5.82 Å². The average molecular weight is 273 g/mol. The highest BCUT2D eigenvalue weighted by molar-refractivity contribution is 6.31. The first-order chi connectivity index (χ1) is 8.69. The zero-order valence-electron chi connectivity index (χ0n) is 10.2. The lowest BCUT2D eigenvalue weighted by atomic mass is 9.95. The number of nitrogens with zero attached hydrogens (tertiary/aromatic N) is 1. The Morgan fingerprint density at radius 2 is 2.11 bits per heavy atom. The summed E-state index contributed by atoms with van der Waals surface area (Å²) in [7, 11) is 0. The van der Waals surface area contributed by atoms with Gasteiger partial charge in [-0.15, -0.1) is 0 Å². The van der Waals surface area contributed by atoms with E-state index in [1.165, 1.54) is 6.07 Å². The summed E-state index contributed by atoms with van der Waals surface area (Å²) >= 11 is 5.73. The van der Waals surface area contributed by atoms with E-state index in [1.807, 2.05) is 0 Å². The third kappa shape index (κ3) is 3.57. The number of piperidine rings is 1. The third-order valence-corrected chi connectivity index (χ3v) is 3.65. The van der Waals surface area contributed by atoms with Crippen LogP contribution < -0.4 is 5.43 Å². The Balaban J connectivity index is 1.85. The van der Waals surface area contributed by atoms with Gasteiger partial charge < -0.3 is 10.5 Å². The molecule has 0 aromatic heterocycles. The van der Waals surface area contributed by atoms with Gasteiger partial charge in [0.15, 0.2) is 0 Å². The lowest BCUT2D eigenvalue weighted by Crippen LogP contribution is -2.38. The lowest BCUT2D eigenvalue weighted by Gasteiger charge is -2.32. The highest BCUT2D eigenvalue weighted by Gasteiger charge is 2.18. The zero-order valence-corrected chi connectivity index (χ0v) is 11.0. The third-order valence-electron chi connectivity index (χ3n) is 3.36. The Labute approximate surface area is 112 Å². The largest absolute Gasteiger partial charge is 0.396 e. The molecule has 1 saturated heterocycles. The molecule has 0 bridgehead atoms. The van der Waals surface area contributed by atoms with E-state index in [1.54, 1.807) is 12.1 Å². The lowest BCUT2D eigenvalue weighted by molar-refractivity contribution is 0.179. The molecule has 0 amide bonds. The molecular formula is C13H18ClFN2O. The molecule has 1 heterocycles. The molecule has 0 saturated carbocycles. The van der Waals surface area contributed by atoms with Crippen LogP contribution in [-0.2, 0) is 0 Å². The van der Waals surface area contributed by atoms with Crippen LogP contribution in [0, 0.1) is 11.7 Å². The first-order valence-corrected chi connectivity index (χ1v) is 6.64. The minimum absolute atomic E-state index is 0.134. The topological polar surface area (TPSA) is 35.5 Å². The standard InChI is InChI=1S/C13H18ClFN2O/c14-12-9-11(1-2-13(12)15)16-17-6-3-10(4-7-17)5-8-18/h1-2,9-10,16,18H,3-8H2. The maximum absolute atomic E-state index is 13.0. The fourth-order valence-corrected chi connectivity index (χ4v) is 2.44. The number of aliphatic hydroxyl groups excluding tert-OH is 1. The highest BCUT2D eigenvalue weighted by Crippen LogP contribution is 2.23. The summed E-state index contributed by atoms with van der Waals surface area (Å²) in [6, 6.07) is 4.64. The monoisotopic (exact) mass is 272 g/mol. The Hall–Kier alpha value is -0.840. The molecular weight excluding hydrogens is 255 g/mol. The predicted molar refractivity (Wildman–Crippen MR) is 71.0 cm³/mol. The van der Waals surface area contributed by atoms with Crippen molar-refractivity contribution < 1.29 is 9.50 Å². The van der Waals surface area contributed by atoms with Crippen molar-refractivity contribution in [3.8, 4) is 0 Å². The number of hydrogen-bond acceptors (Lipinski definition) is 3. The van der Waals surface area contributed by atoms with E-state index in [9.17, 15) is 4.39 Å². The van der Waals surface area contributed by atoms with Crippen LogP contribution >= 0.6 is 11.6 Å². The van der Waals surface area contributed by atoms with Gasteiger partial charge in [0, 0.05) is 19.7 Å². The van der Waals surface area contributed by atoms with Gasteiger partial charge in [-0.3, -0.25) is 0 Å². The molecule has 0 radical (unpaired) electrons. The maximum atomic E-state index is 13.0. The van der Waals surface area contributed by atoms with Crippen molar-refractivity contribution in [1.29, 1.82) is 0 Å². The van der Waals surface area contributed by atoms with Gasteiger partial charge in [-0.25, -0.2) is 9.40 Å². The quantitative estimate of drug-likeness (QED) is 0.885. The van der Waals surface area contributed by atoms with Gasteiger partial charge in [0.1, 0.15) is 5.82 Å². The predicted octanol–water partition coefficient (Wildman–Crippen LogP) is 2.90. The van der Waals surface area contributed by atoms with Crippen LogP contribution in [0.3, 0.4) is 0 Å². The van der Waals surface area contributed by atoms with Gasteiger partial charge in [0.25, 0.3) is 0 Å². The fourth-order valence-electron chi connectivity index (χ4n) is 2.26. The zero-order chi connectivity index (χ0) is 13.0. The van der Waals surface area contributed by atoms with E-state index in [0.717, 1.165) is 38.0 Å². The minimum Gasteiger partial charge on any atom is -0.396 e. The van der Waals surface area contributed by atoms with Crippen LogP contribution in [0.15, 0.2) is 18.2 Å². The van der Waals surface area contributed by atoms with E-state index in [4.69, 9.17) is 16.7 Å². The van der Waals surface area contributed by atoms with E-state index in [0.29, 0.717) is 5.92 Å². The molecule has 2 N–H and O–H groups in total. The smallest absolute Gasteiger partial charge is 0.141 e. The van der Waals surface area contributed by atoms with Crippen LogP contribution in [0.1, 0.15) is 19.3 Å². The minimum atomic E-state index is -0.399. The Morgan fingerprint density at radius 1 is 1.39 bits per heavy atom. The van der Waals surface area contributed by atoms with Crippen LogP contribution in [0.5, 0.6) is 0 Å². The second-order valence-corrected chi connectivity index (χ2v) is 5.09. The molecule has 0 aliphatic carbocycles. The number of nitrogens with one attached hydrogen (secondary N) is 1. The number of hydrazine groups is 1. The molecule has 1 aromatic rings. The van der Waals surface area contributed by atoms with E-state index in [2.05, 4.69) is 10.4 Å². The van der Waals surface area contributed by atoms with Crippen molar-refractivity contribution in [3.63, 3.8) is 0 Å². The number of benzene rings is 1. The summed E-state index contributed by atoms with van der Waals surface area (Å²) < 4.78 is 13.0. The van der Waals surface area contributed by atoms with E-state index in [-0.39, 0.29) is 11.6 Å². The van der Waals surface area contributed by atoms with Crippen LogP contribution in [-0.4, -0.2) is 29.8 Å². The van der Waals surface area contributed by atoms with Crippen LogP contribution in [0.25, 0.3) is 0 Å². The normalized spacial score (nSPS) is 17.9. The highest BCUT2D eigenvalue weighted by atomic mass is 35.5. The molecule has 0 spiro atoms. The number of aliphatic hydroxyl groups is 1. The molecule has 0 unspecified atom stereocenters. The number of halogens is 2. The summed E-state index contributed by atoms with van der Waals surface area (Å²) in [6.45, 7) is 2.13. The van der Waals surface area contributed by atoms with Crippen molar-refractivity contribution in [2.75, 3.05) is 25.1 Å². The van der Waals surface area contributed by atoms with Crippen LogP contribution in [0.4, 0.5) is 10.1 Å². The molecule has 1 aromatic carbocycles. The summed E-state index contributed by atoms with van der Waals surface area (Å²) in [5.41, 5.74) is 4.04. The average Bonchev–Trinajstić information content (AvgIpc) is 2.37. The fraction of sp³-hybridized carbons (Fsp3) is 0.538. The number of rotatable bonds is 4. The summed E-state index contributed by atoms with van der Waals surface area (Å²) in [4.78, 5) is 0. The summed E-state index contributed by atoms with van der Waals surface area (Å²) in [6.07, 6.45) is 3.03. The maximum Gasteiger partial charge on any atom is 0.141 e. The molecule has 2 rings (SSSR count). The van der Waals surface area contributed by atoms with Gasteiger partial charge in [-0.2, -0.15) is 0 Å². The second kappa shape index (κ2) is 6.36. The van der Waals surface area contributed by atoms with Crippen molar-refractivity contribution in [2.24, 2.45) is 5.92 Å². The van der Waals surface area contributed by atoms with Gasteiger partial charge in [-0.1, -0.05) is 11.6 Å². The Bertz CT molecular complexity index is 395. The molecule has 3 nitrogen and oxygen atoms in total. The van der Waals surface area contributed by atoms with Crippen molar-refractivity contribution in [1.82, 2.24) is 5.01 Å². The van der Waals surface area contributed by atoms with Gasteiger partial charge in [0.2, 0.25) is 0 Å². The molecule has 1 fully saturated rings. The van der Waals surface area contributed by atoms with Crippen molar-refractivity contribution in [2.45, 2.75) is 19.3 Å². The molecule has 5 heteroatoms. The van der Waals surface area contributed by atoms with Gasteiger partial charge >= 0.3 is 0 Å². The number of anilines is 1. The molecule has 1 aliphatic rings. The van der Waals surface area contributed by atoms with Crippen molar-refractivity contribution in [3.05, 3.63) is 29.0 Å². The van der Waals surface area contributed by atoms with Crippen LogP contribution in [0.2, 0.25) is 5.02 Å². The van der Waals surface area contributed by atoms with E-state index >= 15 is 0 Å². The summed E-state index contributed by atoms with van der Waals surface area (Å²) in [5.74, 6) is 0.216. The molecule has 100 valence electrons. The van der Waals surface area contributed by atoms with Crippen molar-refractivity contribution >= 4 is 17.3 Å². The molecule has 18 heavy (non-hydrogen) atoms. The number of hydrogen-bond donors (Lipinski definition) is 2. The van der Waals surface area contributed by atoms with Gasteiger partial charge in [-0.05, 0) is 43.4 Å². The molecule has 1 aliphatic heterocycles. The van der Waals surface area contributed by atoms with Gasteiger partial charge in [0.05, 0.1) is 10.7 Å². The summed E-state index contributed by atoms with van der Waals surface area (Å²) in [5, 5.41) is 11.1. The molecule has 0 atom stereocenters. The Kier molecular flexibility index (Phi) is 4.80. The second-order valence-electron chi connectivity index (χ2n) is 4.68. The SMILES string of the molecule is OCCC1CCN(Nc2ccc(F)c(Cl)c2)CC1. The first kappa shape index (κ1) is 13.6. The Morgan fingerprint density at radius 3 is 2.72 bits per heavy atom. The first-order valence-electron chi connectivity index (χ1n) is 6.26.